The fraction of sp³-hybridized carbons (Fsp3) is 0.750. The summed E-state index contributed by atoms with van der Waals surface area (Å²) in [7, 11) is 0. The number of hydrogen-bond donors (Lipinski definition) is 1. The van der Waals surface area contributed by atoms with Crippen molar-refractivity contribution >= 4 is 0 Å². The van der Waals surface area contributed by atoms with Gasteiger partial charge in [-0.15, -0.1) is 0 Å². The molecule has 0 aliphatic heterocycles. The smallest absolute Gasteiger partial charge is 0.0549 e. The molecule has 0 aliphatic rings. The quantitative estimate of drug-likeness (QED) is 0.577. The molecule has 0 unspecified atom stereocenters. The minimum absolute atomic E-state index is 0.187. The van der Waals surface area contributed by atoms with Crippen LogP contribution in [0.4, 0.5) is 0 Å². The summed E-state index contributed by atoms with van der Waals surface area (Å²) in [6.45, 7) is 5.97. The van der Waals surface area contributed by atoms with E-state index in [1.54, 1.807) is 0 Å². The first kappa shape index (κ1) is 8.70. The van der Waals surface area contributed by atoms with Gasteiger partial charge in [0, 0.05) is 0 Å². The zero-order valence-corrected chi connectivity index (χ0v) is 6.52. The van der Waals surface area contributed by atoms with E-state index in [0.717, 1.165) is 12.8 Å². The van der Waals surface area contributed by atoms with Gasteiger partial charge in [0.15, 0.2) is 0 Å². The summed E-state index contributed by atoms with van der Waals surface area (Å²) < 4.78 is 0. The molecule has 9 heavy (non-hydrogen) atoms. The van der Waals surface area contributed by atoms with Crippen LogP contribution in [0.1, 0.15) is 33.6 Å². The molecular formula is C8H16O. The van der Waals surface area contributed by atoms with Crippen LogP contribution < -0.4 is 0 Å². The fourth-order valence-electron chi connectivity index (χ4n) is 0.898. The van der Waals surface area contributed by atoms with E-state index in [-0.39, 0.29) is 6.10 Å². The Kier molecular flexibility index (Phi) is 4.41. The number of hydrogen-bond acceptors (Lipinski definition) is 1. The predicted molar refractivity (Wildman–Crippen MR) is 40.3 cm³/mol. The third kappa shape index (κ3) is 5.57. The van der Waals surface area contributed by atoms with Crippen LogP contribution in [-0.2, 0) is 0 Å². The monoisotopic (exact) mass is 128 g/mol. The van der Waals surface area contributed by atoms with Crippen molar-refractivity contribution < 1.29 is 5.11 Å². The molecule has 0 amide bonds. The molecule has 1 N–H and O–H groups in total. The summed E-state index contributed by atoms with van der Waals surface area (Å²) in [5, 5.41) is 8.91. The lowest BCUT2D eigenvalue weighted by molar-refractivity contribution is 0.195. The van der Waals surface area contributed by atoms with Crippen molar-refractivity contribution in [1.82, 2.24) is 0 Å². The second-order valence-electron chi connectivity index (χ2n) is 2.51. The van der Waals surface area contributed by atoms with Gasteiger partial charge in [-0.3, -0.25) is 0 Å². The van der Waals surface area contributed by atoms with Crippen molar-refractivity contribution in [2.45, 2.75) is 39.7 Å². The van der Waals surface area contributed by atoms with Gasteiger partial charge in [-0.1, -0.05) is 18.6 Å². The fourth-order valence-corrected chi connectivity index (χ4v) is 0.898. The molecule has 1 atom stereocenters. The lowest BCUT2D eigenvalue weighted by Crippen LogP contribution is -1.98. The highest BCUT2D eigenvalue weighted by Gasteiger charge is 1.94. The van der Waals surface area contributed by atoms with Gasteiger partial charge < -0.3 is 5.11 Å². The van der Waals surface area contributed by atoms with Gasteiger partial charge in [-0.2, -0.15) is 0 Å². The summed E-state index contributed by atoms with van der Waals surface area (Å²) in [6.07, 6.45) is 3.84. The molecule has 54 valence electrons. The molecule has 0 spiro atoms. The Labute approximate surface area is 57.4 Å². The molecule has 0 heterocycles. The van der Waals surface area contributed by atoms with Crippen LogP contribution in [0.25, 0.3) is 0 Å². The molecule has 0 rings (SSSR count). The van der Waals surface area contributed by atoms with Crippen molar-refractivity contribution in [3.8, 4) is 0 Å². The zero-order valence-electron chi connectivity index (χ0n) is 6.52. The van der Waals surface area contributed by atoms with Gasteiger partial charge in [0.05, 0.1) is 6.10 Å². The maximum absolute atomic E-state index is 8.91. The average molecular weight is 128 g/mol. The highest BCUT2D eigenvalue weighted by Crippen LogP contribution is 2.04. The van der Waals surface area contributed by atoms with Crippen molar-refractivity contribution in [2.75, 3.05) is 0 Å². The summed E-state index contributed by atoms with van der Waals surface area (Å²) in [5.41, 5.74) is 1.28. The Balaban J connectivity index is 3.49. The van der Waals surface area contributed by atoms with E-state index >= 15 is 0 Å². The van der Waals surface area contributed by atoms with Crippen LogP contribution in [0.3, 0.4) is 0 Å². The van der Waals surface area contributed by atoms with E-state index in [1.165, 1.54) is 5.57 Å². The van der Waals surface area contributed by atoms with Gasteiger partial charge in [0.2, 0.25) is 0 Å². The Hall–Kier alpha value is -0.300. The van der Waals surface area contributed by atoms with E-state index in [4.69, 9.17) is 5.11 Å². The Morgan fingerprint density at radius 1 is 1.67 bits per heavy atom. The second kappa shape index (κ2) is 4.57. The van der Waals surface area contributed by atoms with E-state index in [9.17, 15) is 0 Å². The SMILES string of the molecule is CC/C=C(\C)C[C@@H](C)O. The van der Waals surface area contributed by atoms with Gasteiger partial charge in [0.25, 0.3) is 0 Å². The average Bonchev–Trinajstić information content (AvgIpc) is 1.63. The summed E-state index contributed by atoms with van der Waals surface area (Å²) >= 11 is 0. The Bertz CT molecular complexity index is 92.7. The van der Waals surface area contributed by atoms with Gasteiger partial charge in [-0.05, 0) is 26.7 Å². The molecule has 0 saturated carbocycles. The second-order valence-corrected chi connectivity index (χ2v) is 2.51. The van der Waals surface area contributed by atoms with Crippen LogP contribution in [-0.4, -0.2) is 11.2 Å². The first-order valence-corrected chi connectivity index (χ1v) is 3.50. The van der Waals surface area contributed by atoms with Gasteiger partial charge >= 0.3 is 0 Å². The van der Waals surface area contributed by atoms with E-state index in [1.807, 2.05) is 6.92 Å². The number of aliphatic hydroxyl groups excluding tert-OH is 1. The zero-order chi connectivity index (χ0) is 7.28. The molecular weight excluding hydrogens is 112 g/mol. The molecule has 0 radical (unpaired) electrons. The summed E-state index contributed by atoms with van der Waals surface area (Å²) in [5.74, 6) is 0. The summed E-state index contributed by atoms with van der Waals surface area (Å²) in [6, 6.07) is 0. The molecule has 0 aromatic carbocycles. The third-order valence-corrected chi connectivity index (χ3v) is 1.17. The van der Waals surface area contributed by atoms with Crippen molar-refractivity contribution in [3.05, 3.63) is 11.6 Å². The topological polar surface area (TPSA) is 20.2 Å². The normalized spacial score (nSPS) is 15.8. The first-order valence-electron chi connectivity index (χ1n) is 3.50. The highest BCUT2D eigenvalue weighted by molar-refractivity contribution is 4.98. The van der Waals surface area contributed by atoms with Crippen LogP contribution >= 0.6 is 0 Å². The molecule has 1 heteroatoms. The lowest BCUT2D eigenvalue weighted by Gasteiger charge is -2.02. The maximum atomic E-state index is 8.91. The van der Waals surface area contributed by atoms with Crippen LogP contribution in [0.5, 0.6) is 0 Å². The first-order chi connectivity index (χ1) is 4.16. The minimum atomic E-state index is -0.187. The third-order valence-electron chi connectivity index (χ3n) is 1.17. The van der Waals surface area contributed by atoms with Crippen molar-refractivity contribution in [1.29, 1.82) is 0 Å². The van der Waals surface area contributed by atoms with Gasteiger partial charge in [-0.25, -0.2) is 0 Å². The van der Waals surface area contributed by atoms with E-state index < -0.39 is 0 Å². The number of aliphatic hydroxyl groups is 1. The predicted octanol–water partition coefficient (Wildman–Crippen LogP) is 2.11. The summed E-state index contributed by atoms with van der Waals surface area (Å²) in [4.78, 5) is 0. The van der Waals surface area contributed by atoms with Crippen LogP contribution in [0, 0.1) is 0 Å². The highest BCUT2D eigenvalue weighted by atomic mass is 16.3. The minimum Gasteiger partial charge on any atom is -0.393 e. The molecule has 0 aliphatic carbocycles. The Morgan fingerprint density at radius 3 is 2.56 bits per heavy atom. The largest absolute Gasteiger partial charge is 0.393 e. The standard InChI is InChI=1S/C8H16O/c1-4-5-7(2)6-8(3)9/h5,8-9H,4,6H2,1-3H3/b7-5+/t8-/m1/s1. The number of allylic oxidation sites excluding steroid dienone is 1. The molecule has 1 nitrogen and oxygen atoms in total. The van der Waals surface area contributed by atoms with Crippen LogP contribution in [0.15, 0.2) is 11.6 Å². The molecule has 0 fully saturated rings. The lowest BCUT2D eigenvalue weighted by atomic mass is 10.1. The molecule has 0 saturated heterocycles. The van der Waals surface area contributed by atoms with E-state index in [2.05, 4.69) is 19.9 Å². The van der Waals surface area contributed by atoms with Crippen molar-refractivity contribution in [2.24, 2.45) is 0 Å². The van der Waals surface area contributed by atoms with E-state index in [0.29, 0.717) is 0 Å². The maximum Gasteiger partial charge on any atom is 0.0549 e. The van der Waals surface area contributed by atoms with Gasteiger partial charge in [0.1, 0.15) is 0 Å². The molecule has 0 bridgehead atoms. The Morgan fingerprint density at radius 2 is 2.22 bits per heavy atom. The van der Waals surface area contributed by atoms with Crippen LogP contribution in [0.2, 0.25) is 0 Å². The molecule has 0 aromatic rings. The molecule has 0 aromatic heterocycles. The number of rotatable bonds is 3. The van der Waals surface area contributed by atoms with Crippen molar-refractivity contribution in [3.63, 3.8) is 0 Å².